The van der Waals surface area contributed by atoms with E-state index in [0.717, 1.165) is 48.5 Å². The van der Waals surface area contributed by atoms with Gasteiger partial charge in [0.1, 0.15) is 5.82 Å². The number of imidazole rings is 1. The molecule has 0 unspecified atom stereocenters. The van der Waals surface area contributed by atoms with E-state index >= 15 is 0 Å². The van der Waals surface area contributed by atoms with Crippen molar-refractivity contribution in [2.45, 2.75) is 25.7 Å². The van der Waals surface area contributed by atoms with Gasteiger partial charge in [0.2, 0.25) is 5.91 Å². The first-order valence-corrected chi connectivity index (χ1v) is 11.1. The summed E-state index contributed by atoms with van der Waals surface area (Å²) in [5, 5.41) is 2.91. The molecule has 166 valence electrons. The molecule has 2 N–H and O–H groups in total. The average Bonchev–Trinajstić information content (AvgIpc) is 3.28. The van der Waals surface area contributed by atoms with Gasteiger partial charge in [-0.05, 0) is 66.8 Å². The van der Waals surface area contributed by atoms with Crippen LogP contribution >= 0.6 is 0 Å². The van der Waals surface area contributed by atoms with Gasteiger partial charge in [0.15, 0.2) is 5.65 Å². The van der Waals surface area contributed by atoms with Crippen LogP contribution in [0.2, 0.25) is 0 Å². The largest absolute Gasteiger partial charge is 0.343 e. The second kappa shape index (κ2) is 8.86. The van der Waals surface area contributed by atoms with Crippen molar-refractivity contribution in [1.82, 2.24) is 19.9 Å². The van der Waals surface area contributed by atoms with Crippen LogP contribution in [-0.4, -0.2) is 44.8 Å². The van der Waals surface area contributed by atoms with Crippen molar-refractivity contribution in [1.29, 1.82) is 0 Å². The van der Waals surface area contributed by atoms with Crippen molar-refractivity contribution >= 4 is 28.7 Å². The summed E-state index contributed by atoms with van der Waals surface area (Å²) < 4.78 is 0. The molecule has 0 spiro atoms. The molecule has 0 aliphatic carbocycles. The minimum atomic E-state index is -0.141. The van der Waals surface area contributed by atoms with Crippen molar-refractivity contribution in [3.63, 3.8) is 0 Å². The third-order valence-corrected chi connectivity index (χ3v) is 6.22. The van der Waals surface area contributed by atoms with Crippen LogP contribution in [0.1, 0.15) is 41.6 Å². The predicted molar refractivity (Wildman–Crippen MR) is 128 cm³/mol. The monoisotopic (exact) mass is 439 g/mol. The summed E-state index contributed by atoms with van der Waals surface area (Å²) in [5.74, 6) is 1.14. The Morgan fingerprint density at radius 3 is 2.45 bits per heavy atom. The SMILES string of the molecule is CC(=O)N1CCC(c2cnc3nc(-c4ccc(NC(=O)c5ccccc5)cc4)[nH]c3c2)CC1. The average molecular weight is 440 g/mol. The number of nitrogens with one attached hydrogen (secondary N) is 2. The van der Waals surface area contributed by atoms with Gasteiger partial charge in [0.25, 0.3) is 5.91 Å². The normalized spacial score (nSPS) is 14.4. The van der Waals surface area contributed by atoms with E-state index < -0.39 is 0 Å². The maximum absolute atomic E-state index is 12.3. The summed E-state index contributed by atoms with van der Waals surface area (Å²) in [6.07, 6.45) is 3.80. The fraction of sp³-hybridized carbons (Fsp3) is 0.231. The zero-order valence-corrected chi connectivity index (χ0v) is 18.4. The van der Waals surface area contributed by atoms with E-state index in [0.29, 0.717) is 17.1 Å². The molecule has 5 rings (SSSR count). The lowest BCUT2D eigenvalue weighted by Gasteiger charge is -2.31. The van der Waals surface area contributed by atoms with Gasteiger partial charge in [-0.15, -0.1) is 0 Å². The number of H-pyrrole nitrogens is 1. The van der Waals surface area contributed by atoms with Crippen molar-refractivity contribution in [2.75, 3.05) is 18.4 Å². The van der Waals surface area contributed by atoms with Crippen LogP contribution in [0.25, 0.3) is 22.6 Å². The minimum absolute atomic E-state index is 0.141. The number of nitrogens with zero attached hydrogens (tertiary/aromatic N) is 3. The first-order chi connectivity index (χ1) is 16.1. The number of anilines is 1. The molecule has 7 nitrogen and oxygen atoms in total. The minimum Gasteiger partial charge on any atom is -0.343 e. The highest BCUT2D eigenvalue weighted by molar-refractivity contribution is 6.04. The highest BCUT2D eigenvalue weighted by Gasteiger charge is 2.22. The van der Waals surface area contributed by atoms with Gasteiger partial charge in [-0.25, -0.2) is 9.97 Å². The van der Waals surface area contributed by atoms with E-state index in [1.807, 2.05) is 53.6 Å². The van der Waals surface area contributed by atoms with E-state index in [9.17, 15) is 9.59 Å². The number of hydrogen-bond acceptors (Lipinski definition) is 4. The second-order valence-corrected chi connectivity index (χ2v) is 8.40. The summed E-state index contributed by atoms with van der Waals surface area (Å²) in [4.78, 5) is 38.4. The van der Waals surface area contributed by atoms with Gasteiger partial charge in [-0.3, -0.25) is 9.59 Å². The molecule has 1 saturated heterocycles. The lowest BCUT2D eigenvalue weighted by atomic mass is 9.90. The maximum atomic E-state index is 12.3. The summed E-state index contributed by atoms with van der Waals surface area (Å²) in [6, 6.07) is 18.8. The molecule has 0 atom stereocenters. The van der Waals surface area contributed by atoms with Gasteiger partial charge in [0, 0.05) is 43.0 Å². The molecule has 0 saturated carbocycles. The number of carbonyl (C=O) groups excluding carboxylic acids is 2. The van der Waals surface area contributed by atoms with Crippen LogP contribution in [0.3, 0.4) is 0 Å². The molecule has 0 radical (unpaired) electrons. The molecule has 3 heterocycles. The van der Waals surface area contributed by atoms with E-state index in [4.69, 9.17) is 0 Å². The Kier molecular flexibility index (Phi) is 5.60. The Morgan fingerprint density at radius 2 is 1.76 bits per heavy atom. The van der Waals surface area contributed by atoms with Crippen LogP contribution in [-0.2, 0) is 4.79 Å². The van der Waals surface area contributed by atoms with Crippen molar-refractivity contribution in [3.05, 3.63) is 78.0 Å². The summed E-state index contributed by atoms with van der Waals surface area (Å²) in [5.41, 5.74) is 5.02. The molecule has 1 aliphatic rings. The molecule has 7 heteroatoms. The molecule has 4 aromatic rings. The van der Waals surface area contributed by atoms with Gasteiger partial charge in [-0.2, -0.15) is 0 Å². The molecule has 2 aromatic heterocycles. The Balaban J connectivity index is 1.30. The second-order valence-electron chi connectivity index (χ2n) is 8.40. The number of amides is 2. The highest BCUT2D eigenvalue weighted by Crippen LogP contribution is 2.30. The summed E-state index contributed by atoms with van der Waals surface area (Å²) >= 11 is 0. The molecular weight excluding hydrogens is 414 g/mol. The van der Waals surface area contributed by atoms with Gasteiger partial charge >= 0.3 is 0 Å². The number of likely N-dealkylation sites (tertiary alicyclic amines) is 1. The molecule has 2 amide bonds. The van der Waals surface area contributed by atoms with Crippen molar-refractivity contribution in [3.8, 4) is 11.4 Å². The van der Waals surface area contributed by atoms with Gasteiger partial charge in [-0.1, -0.05) is 18.2 Å². The fourth-order valence-electron chi connectivity index (χ4n) is 4.31. The first kappa shape index (κ1) is 20.9. The van der Waals surface area contributed by atoms with Crippen LogP contribution in [0.5, 0.6) is 0 Å². The Bertz CT molecular complexity index is 1290. The number of benzene rings is 2. The van der Waals surface area contributed by atoms with E-state index in [-0.39, 0.29) is 11.8 Å². The number of aromatic nitrogens is 3. The smallest absolute Gasteiger partial charge is 0.255 e. The van der Waals surface area contributed by atoms with Gasteiger partial charge < -0.3 is 15.2 Å². The zero-order valence-electron chi connectivity index (χ0n) is 18.4. The number of rotatable bonds is 4. The third kappa shape index (κ3) is 4.48. The van der Waals surface area contributed by atoms with Crippen LogP contribution in [0.4, 0.5) is 5.69 Å². The Morgan fingerprint density at radius 1 is 1.03 bits per heavy atom. The van der Waals surface area contributed by atoms with Crippen LogP contribution in [0, 0.1) is 0 Å². The van der Waals surface area contributed by atoms with E-state index in [1.165, 1.54) is 5.56 Å². The molecule has 33 heavy (non-hydrogen) atoms. The molecule has 0 bridgehead atoms. The zero-order chi connectivity index (χ0) is 22.8. The molecule has 2 aromatic carbocycles. The van der Waals surface area contributed by atoms with Crippen molar-refractivity contribution in [2.24, 2.45) is 0 Å². The van der Waals surface area contributed by atoms with E-state index in [2.05, 4.69) is 26.3 Å². The topological polar surface area (TPSA) is 91.0 Å². The number of carbonyl (C=O) groups is 2. The molecule has 1 aliphatic heterocycles. The Labute approximate surface area is 191 Å². The summed E-state index contributed by atoms with van der Waals surface area (Å²) in [6.45, 7) is 3.21. The van der Waals surface area contributed by atoms with Crippen molar-refractivity contribution < 1.29 is 9.59 Å². The third-order valence-electron chi connectivity index (χ3n) is 6.22. The molecule has 1 fully saturated rings. The van der Waals surface area contributed by atoms with Gasteiger partial charge in [0.05, 0.1) is 5.52 Å². The molecular formula is C26H25N5O2. The van der Waals surface area contributed by atoms with E-state index in [1.54, 1.807) is 19.1 Å². The quantitative estimate of drug-likeness (QED) is 0.486. The maximum Gasteiger partial charge on any atom is 0.255 e. The number of piperidine rings is 1. The number of hydrogen-bond donors (Lipinski definition) is 2. The fourth-order valence-corrected chi connectivity index (χ4v) is 4.31. The number of pyridine rings is 1. The van der Waals surface area contributed by atoms with Crippen LogP contribution < -0.4 is 5.32 Å². The Hall–Kier alpha value is -4.00. The summed E-state index contributed by atoms with van der Waals surface area (Å²) in [7, 11) is 0. The highest BCUT2D eigenvalue weighted by atomic mass is 16.2. The number of aromatic amines is 1. The number of fused-ring (bicyclic) bond motifs is 1. The standard InChI is InChI=1S/C26H25N5O2/c1-17(32)31-13-11-18(12-14-31)21-15-23-25(27-16-21)30-24(29-23)19-7-9-22(10-8-19)28-26(33)20-5-3-2-4-6-20/h2-10,15-16,18H,11-14H2,1H3,(H,28,33)(H,27,29,30). The van der Waals surface area contributed by atoms with Crippen LogP contribution in [0.15, 0.2) is 66.9 Å². The first-order valence-electron chi connectivity index (χ1n) is 11.1. The lowest BCUT2D eigenvalue weighted by molar-refractivity contribution is -0.129. The predicted octanol–water partition coefficient (Wildman–Crippen LogP) is 4.60. The lowest BCUT2D eigenvalue weighted by Crippen LogP contribution is -2.36.